The van der Waals surface area contributed by atoms with Gasteiger partial charge < -0.3 is 9.64 Å². The number of hydrogen-bond acceptors (Lipinski definition) is 4. The largest absolute Gasteiger partial charge is 0.376 e. The number of likely N-dealkylation sites (N-methyl/N-ethyl adjacent to an activating group) is 1. The number of nitrogens with zero attached hydrogens (tertiary/aromatic N) is 3. The summed E-state index contributed by atoms with van der Waals surface area (Å²) in [5.74, 6) is 0.941. The first-order valence-corrected chi connectivity index (χ1v) is 6.80. The molecule has 19 heavy (non-hydrogen) atoms. The maximum atomic E-state index is 5.69. The third-order valence-electron chi connectivity index (χ3n) is 3.72. The lowest BCUT2D eigenvalue weighted by Gasteiger charge is -2.22. The van der Waals surface area contributed by atoms with E-state index in [1.54, 1.807) is 0 Å². The first-order chi connectivity index (χ1) is 9.25. The molecule has 1 saturated heterocycles. The number of ether oxygens (including phenoxy) is 1. The van der Waals surface area contributed by atoms with Gasteiger partial charge in [0.05, 0.1) is 11.8 Å². The molecule has 1 aromatic carbocycles. The Bertz CT molecular complexity index is 579. The predicted molar refractivity (Wildman–Crippen MR) is 76.5 cm³/mol. The van der Waals surface area contributed by atoms with Crippen molar-refractivity contribution in [3.05, 3.63) is 30.0 Å². The summed E-state index contributed by atoms with van der Waals surface area (Å²) in [5.41, 5.74) is 0.977. The highest BCUT2D eigenvalue weighted by molar-refractivity contribution is 5.93. The van der Waals surface area contributed by atoms with E-state index in [2.05, 4.69) is 34.3 Å². The van der Waals surface area contributed by atoms with Crippen LogP contribution in [0.4, 0.5) is 5.82 Å². The molecule has 0 spiro atoms. The molecule has 1 aliphatic heterocycles. The average Bonchev–Trinajstić information content (AvgIpc) is 2.92. The Balaban J connectivity index is 1.93. The second-order valence-electron chi connectivity index (χ2n) is 5.17. The summed E-state index contributed by atoms with van der Waals surface area (Å²) in [4.78, 5) is 2.16. The molecular formula is C15H19N3O. The van der Waals surface area contributed by atoms with Crippen LogP contribution in [0.1, 0.15) is 18.5 Å². The van der Waals surface area contributed by atoms with Gasteiger partial charge >= 0.3 is 0 Å². The van der Waals surface area contributed by atoms with Gasteiger partial charge in [-0.3, -0.25) is 0 Å². The van der Waals surface area contributed by atoms with Crippen molar-refractivity contribution in [2.45, 2.75) is 25.9 Å². The fourth-order valence-corrected chi connectivity index (χ4v) is 2.69. The van der Waals surface area contributed by atoms with Crippen LogP contribution in [0.15, 0.2) is 24.3 Å². The lowest BCUT2D eigenvalue weighted by molar-refractivity contribution is 0.116. The van der Waals surface area contributed by atoms with Crippen LogP contribution >= 0.6 is 0 Å². The van der Waals surface area contributed by atoms with Gasteiger partial charge in [-0.05, 0) is 19.8 Å². The van der Waals surface area contributed by atoms with E-state index in [-0.39, 0.29) is 0 Å². The van der Waals surface area contributed by atoms with Gasteiger partial charge in [0.15, 0.2) is 5.82 Å². The van der Waals surface area contributed by atoms with Crippen LogP contribution < -0.4 is 4.90 Å². The summed E-state index contributed by atoms with van der Waals surface area (Å²) in [6.07, 6.45) is 2.63. The molecule has 1 unspecified atom stereocenters. The fourth-order valence-electron chi connectivity index (χ4n) is 2.69. The van der Waals surface area contributed by atoms with Crippen molar-refractivity contribution >= 4 is 16.6 Å². The van der Waals surface area contributed by atoms with E-state index in [9.17, 15) is 0 Å². The van der Waals surface area contributed by atoms with Crippen LogP contribution in [-0.2, 0) is 4.74 Å². The number of hydrogen-bond donors (Lipinski definition) is 0. The van der Waals surface area contributed by atoms with Gasteiger partial charge in [-0.15, -0.1) is 5.10 Å². The molecule has 0 amide bonds. The normalized spacial score (nSPS) is 18.9. The van der Waals surface area contributed by atoms with E-state index in [1.165, 1.54) is 11.8 Å². The molecular weight excluding hydrogens is 238 g/mol. The zero-order valence-corrected chi connectivity index (χ0v) is 11.5. The molecule has 0 bridgehead atoms. The Morgan fingerprint density at radius 3 is 2.79 bits per heavy atom. The molecule has 3 rings (SSSR count). The van der Waals surface area contributed by atoms with Crippen LogP contribution in [-0.4, -0.2) is 36.5 Å². The van der Waals surface area contributed by atoms with Crippen LogP contribution in [0.25, 0.3) is 10.8 Å². The molecule has 1 aromatic heterocycles. The Kier molecular flexibility index (Phi) is 3.34. The molecule has 0 aliphatic carbocycles. The highest BCUT2D eigenvalue weighted by Gasteiger charge is 2.19. The minimum atomic E-state index is 0.326. The average molecular weight is 257 g/mol. The van der Waals surface area contributed by atoms with Crippen LogP contribution in [0.3, 0.4) is 0 Å². The van der Waals surface area contributed by atoms with Gasteiger partial charge in [0.25, 0.3) is 0 Å². The van der Waals surface area contributed by atoms with Crippen molar-refractivity contribution in [2.75, 3.05) is 25.1 Å². The maximum absolute atomic E-state index is 5.69. The van der Waals surface area contributed by atoms with Crippen molar-refractivity contribution < 1.29 is 4.74 Å². The van der Waals surface area contributed by atoms with Crippen molar-refractivity contribution in [1.29, 1.82) is 0 Å². The molecule has 1 aliphatic rings. The Morgan fingerprint density at radius 2 is 2.05 bits per heavy atom. The highest BCUT2D eigenvalue weighted by atomic mass is 16.5. The topological polar surface area (TPSA) is 38.2 Å². The van der Waals surface area contributed by atoms with Crippen molar-refractivity contribution in [1.82, 2.24) is 10.2 Å². The van der Waals surface area contributed by atoms with E-state index in [1.807, 2.05) is 19.1 Å². The summed E-state index contributed by atoms with van der Waals surface area (Å²) in [6.45, 7) is 3.76. The summed E-state index contributed by atoms with van der Waals surface area (Å²) in [6, 6.07) is 8.30. The summed E-state index contributed by atoms with van der Waals surface area (Å²) < 4.78 is 5.69. The molecule has 0 N–H and O–H groups in total. The Labute approximate surface area is 113 Å². The predicted octanol–water partition coefficient (Wildman–Crippen LogP) is 2.55. The van der Waals surface area contributed by atoms with Crippen molar-refractivity contribution in [3.63, 3.8) is 0 Å². The molecule has 2 heterocycles. The summed E-state index contributed by atoms with van der Waals surface area (Å²) >= 11 is 0. The van der Waals surface area contributed by atoms with Crippen molar-refractivity contribution in [3.8, 4) is 0 Å². The standard InChI is InChI=1S/C15H19N3O/c1-11-13-7-3-4-8-14(13)15(17-16-11)18(2)10-12-6-5-9-19-12/h3-4,7-8,12H,5-6,9-10H2,1-2H3. The first-order valence-electron chi connectivity index (χ1n) is 6.80. The van der Waals surface area contributed by atoms with Gasteiger partial charge in [-0.1, -0.05) is 24.3 Å². The van der Waals surface area contributed by atoms with E-state index in [4.69, 9.17) is 4.74 Å². The third-order valence-corrected chi connectivity index (χ3v) is 3.72. The monoisotopic (exact) mass is 257 g/mol. The lowest BCUT2D eigenvalue weighted by atomic mass is 10.1. The molecule has 4 nitrogen and oxygen atoms in total. The van der Waals surface area contributed by atoms with E-state index in [0.29, 0.717) is 6.10 Å². The zero-order valence-electron chi connectivity index (χ0n) is 11.5. The second-order valence-corrected chi connectivity index (χ2v) is 5.17. The van der Waals surface area contributed by atoms with Gasteiger partial charge in [0.1, 0.15) is 0 Å². The maximum Gasteiger partial charge on any atom is 0.159 e. The highest BCUT2D eigenvalue weighted by Crippen LogP contribution is 2.25. The second kappa shape index (κ2) is 5.13. The van der Waals surface area contributed by atoms with Gasteiger partial charge in [-0.2, -0.15) is 5.10 Å². The number of anilines is 1. The zero-order chi connectivity index (χ0) is 13.2. The summed E-state index contributed by atoms with van der Waals surface area (Å²) in [5, 5.41) is 11.0. The van der Waals surface area contributed by atoms with Crippen molar-refractivity contribution in [2.24, 2.45) is 0 Å². The van der Waals surface area contributed by atoms with E-state index < -0.39 is 0 Å². The molecule has 1 atom stereocenters. The van der Waals surface area contributed by atoms with Gasteiger partial charge in [-0.25, -0.2) is 0 Å². The minimum absolute atomic E-state index is 0.326. The molecule has 0 radical (unpaired) electrons. The van der Waals surface area contributed by atoms with E-state index in [0.717, 1.165) is 36.5 Å². The molecule has 1 fully saturated rings. The lowest BCUT2D eigenvalue weighted by Crippen LogP contribution is -2.29. The fraction of sp³-hybridized carbons (Fsp3) is 0.467. The SMILES string of the molecule is Cc1nnc(N(C)CC2CCCO2)c2ccccc12. The first kappa shape index (κ1) is 12.4. The summed E-state index contributed by atoms with van der Waals surface area (Å²) in [7, 11) is 2.06. The molecule has 0 saturated carbocycles. The van der Waals surface area contributed by atoms with E-state index >= 15 is 0 Å². The Hall–Kier alpha value is -1.68. The number of aromatic nitrogens is 2. The number of rotatable bonds is 3. The van der Waals surface area contributed by atoms with Crippen LogP contribution in [0, 0.1) is 6.92 Å². The number of aryl methyl sites for hydroxylation is 1. The quantitative estimate of drug-likeness (QED) is 0.847. The van der Waals surface area contributed by atoms with Crippen LogP contribution in [0.5, 0.6) is 0 Å². The number of benzene rings is 1. The number of fused-ring (bicyclic) bond motifs is 1. The third kappa shape index (κ3) is 2.40. The molecule has 100 valence electrons. The van der Waals surface area contributed by atoms with Crippen LogP contribution in [0.2, 0.25) is 0 Å². The molecule has 2 aromatic rings. The minimum Gasteiger partial charge on any atom is -0.376 e. The molecule has 4 heteroatoms. The smallest absolute Gasteiger partial charge is 0.159 e. The Morgan fingerprint density at radius 1 is 1.26 bits per heavy atom. The van der Waals surface area contributed by atoms with Gasteiger partial charge in [0.2, 0.25) is 0 Å². The van der Waals surface area contributed by atoms with Gasteiger partial charge in [0, 0.05) is 31.0 Å².